The highest BCUT2D eigenvalue weighted by atomic mass is 35.5. The van der Waals surface area contributed by atoms with Gasteiger partial charge in [0.25, 0.3) is 0 Å². The molecule has 4 heterocycles. The molecular formula is C26H32ClN3O4. The number of ether oxygens (including phenoxy) is 2. The van der Waals surface area contributed by atoms with Crippen molar-refractivity contribution in [2.45, 2.75) is 43.7 Å². The van der Waals surface area contributed by atoms with Gasteiger partial charge in [0.15, 0.2) is 0 Å². The number of rotatable bonds is 4. The lowest BCUT2D eigenvalue weighted by Crippen LogP contribution is -2.56. The minimum absolute atomic E-state index is 0.0524. The van der Waals surface area contributed by atoms with Crippen LogP contribution in [0.15, 0.2) is 24.4 Å². The van der Waals surface area contributed by atoms with Crippen molar-refractivity contribution < 1.29 is 19.4 Å². The second kappa shape index (κ2) is 8.71. The Morgan fingerprint density at radius 3 is 2.68 bits per heavy atom. The Bertz CT molecular complexity index is 1090. The number of hydrogen-bond donors (Lipinski definition) is 2. The van der Waals surface area contributed by atoms with Crippen LogP contribution >= 0.6 is 11.6 Å². The SMILES string of the molecule is C[C@]1(N2CCC(c3cc4cc(NC(=O)[C@@H]5[C@@H]6CCOC[C@@H]65)ncc4cc3Cl)CC2)COC[C@H]1O. The monoisotopic (exact) mass is 485 g/mol. The quantitative estimate of drug-likeness (QED) is 0.690. The van der Waals surface area contributed by atoms with Crippen molar-refractivity contribution in [3.8, 4) is 0 Å². The van der Waals surface area contributed by atoms with E-state index in [-0.39, 0.29) is 17.4 Å². The van der Waals surface area contributed by atoms with Gasteiger partial charge in [0, 0.05) is 29.1 Å². The fraction of sp³-hybridized carbons (Fsp3) is 0.615. The first-order valence-electron chi connectivity index (χ1n) is 12.4. The lowest BCUT2D eigenvalue weighted by molar-refractivity contribution is -0.117. The Balaban J connectivity index is 1.16. The van der Waals surface area contributed by atoms with Gasteiger partial charge in [-0.3, -0.25) is 9.69 Å². The molecule has 4 fully saturated rings. The van der Waals surface area contributed by atoms with E-state index in [0.717, 1.165) is 60.3 Å². The zero-order valence-electron chi connectivity index (χ0n) is 19.5. The Labute approximate surface area is 204 Å². The van der Waals surface area contributed by atoms with Gasteiger partial charge >= 0.3 is 0 Å². The third-order valence-corrected chi connectivity index (χ3v) is 9.00. The standard InChI is InChI=1S/C26H32ClN3O4/c1-26(14-34-13-22(26)31)30-5-2-15(3-6-30)19-8-16-10-23(28-11-17(16)9-21(19)27)29-25(32)24-18-4-7-33-12-20(18)24/h8-11,15,18,20,22,24,31H,2-7,12-14H2,1H3,(H,28,29,32)/t18-,20+,22-,24-,26+/m1/s1. The minimum atomic E-state index is -0.443. The molecule has 182 valence electrons. The van der Waals surface area contributed by atoms with Gasteiger partial charge in [0.1, 0.15) is 5.82 Å². The van der Waals surface area contributed by atoms with Crippen molar-refractivity contribution >= 4 is 34.1 Å². The first kappa shape index (κ1) is 22.7. The van der Waals surface area contributed by atoms with Crippen molar-refractivity contribution in [3.63, 3.8) is 0 Å². The van der Waals surface area contributed by atoms with E-state index in [1.165, 1.54) is 0 Å². The van der Waals surface area contributed by atoms with E-state index in [1.807, 2.05) is 12.1 Å². The highest BCUT2D eigenvalue weighted by Crippen LogP contribution is 2.51. The van der Waals surface area contributed by atoms with E-state index in [9.17, 15) is 9.90 Å². The van der Waals surface area contributed by atoms with Gasteiger partial charge in [0.05, 0.1) is 31.5 Å². The Kier molecular flexibility index (Phi) is 5.81. The number of nitrogens with one attached hydrogen (secondary N) is 1. The molecule has 7 nitrogen and oxygen atoms in total. The van der Waals surface area contributed by atoms with Gasteiger partial charge in [-0.05, 0) is 86.2 Å². The molecule has 1 aromatic carbocycles. The van der Waals surface area contributed by atoms with Crippen LogP contribution in [0.25, 0.3) is 10.8 Å². The predicted molar refractivity (Wildman–Crippen MR) is 130 cm³/mol. The summed E-state index contributed by atoms with van der Waals surface area (Å²) in [5.74, 6) is 1.89. The number of amides is 1. The Hall–Kier alpha value is -1.77. The van der Waals surface area contributed by atoms with Crippen molar-refractivity contribution in [2.24, 2.45) is 17.8 Å². The lowest BCUT2D eigenvalue weighted by atomic mass is 9.85. The van der Waals surface area contributed by atoms with Crippen LogP contribution in [0.2, 0.25) is 5.02 Å². The molecular weight excluding hydrogens is 454 g/mol. The summed E-state index contributed by atoms with van der Waals surface area (Å²) < 4.78 is 11.0. The number of carbonyl (C=O) groups is 1. The molecule has 5 atom stereocenters. The van der Waals surface area contributed by atoms with Crippen molar-refractivity contribution in [1.29, 1.82) is 0 Å². The number of aliphatic hydroxyl groups excluding tert-OH is 1. The largest absolute Gasteiger partial charge is 0.389 e. The molecule has 1 amide bonds. The van der Waals surface area contributed by atoms with Gasteiger partial charge in [-0.25, -0.2) is 4.98 Å². The number of carbonyl (C=O) groups excluding carboxylic acids is 1. The highest BCUT2D eigenvalue weighted by molar-refractivity contribution is 6.32. The molecule has 0 bridgehead atoms. The van der Waals surface area contributed by atoms with E-state index in [2.05, 4.69) is 28.2 Å². The number of aliphatic hydroxyl groups is 1. The summed E-state index contributed by atoms with van der Waals surface area (Å²) in [4.78, 5) is 19.6. The number of anilines is 1. The first-order valence-corrected chi connectivity index (χ1v) is 12.8. The molecule has 8 heteroatoms. The second-order valence-electron chi connectivity index (χ2n) is 10.6. The zero-order valence-corrected chi connectivity index (χ0v) is 20.3. The third-order valence-electron chi connectivity index (χ3n) is 8.67. The maximum absolute atomic E-state index is 12.8. The number of hydrogen-bond acceptors (Lipinski definition) is 6. The van der Waals surface area contributed by atoms with Crippen LogP contribution in [0.5, 0.6) is 0 Å². The van der Waals surface area contributed by atoms with E-state index >= 15 is 0 Å². The summed E-state index contributed by atoms with van der Waals surface area (Å²) >= 11 is 6.71. The molecule has 0 radical (unpaired) electrons. The minimum Gasteiger partial charge on any atom is -0.389 e. The average molecular weight is 486 g/mol. The molecule has 2 N–H and O–H groups in total. The van der Waals surface area contributed by atoms with Crippen LogP contribution in [0, 0.1) is 17.8 Å². The molecule has 1 aromatic heterocycles. The number of aromatic nitrogens is 1. The smallest absolute Gasteiger partial charge is 0.229 e. The molecule has 1 aliphatic carbocycles. The number of halogens is 1. The molecule has 6 rings (SSSR count). The van der Waals surface area contributed by atoms with E-state index in [1.54, 1.807) is 6.20 Å². The van der Waals surface area contributed by atoms with E-state index < -0.39 is 6.10 Å². The summed E-state index contributed by atoms with van der Waals surface area (Å²) in [5, 5.41) is 16.2. The topological polar surface area (TPSA) is 83.9 Å². The number of fused-ring (bicyclic) bond motifs is 2. The molecule has 3 aliphatic heterocycles. The summed E-state index contributed by atoms with van der Waals surface area (Å²) in [5.41, 5.74) is 0.846. The molecule has 2 aromatic rings. The third kappa shape index (κ3) is 3.91. The molecule has 34 heavy (non-hydrogen) atoms. The van der Waals surface area contributed by atoms with Crippen LogP contribution in [0.4, 0.5) is 5.82 Å². The molecule has 1 saturated carbocycles. The van der Waals surface area contributed by atoms with Gasteiger partial charge in [-0.2, -0.15) is 0 Å². The Morgan fingerprint density at radius 2 is 1.97 bits per heavy atom. The van der Waals surface area contributed by atoms with Crippen LogP contribution in [0.3, 0.4) is 0 Å². The van der Waals surface area contributed by atoms with Crippen LogP contribution in [-0.4, -0.2) is 72.1 Å². The molecule has 0 unspecified atom stereocenters. The molecule has 0 spiro atoms. The molecule has 4 aliphatic rings. The van der Waals surface area contributed by atoms with Gasteiger partial charge in [-0.15, -0.1) is 0 Å². The number of nitrogens with zero attached hydrogens (tertiary/aromatic N) is 2. The summed E-state index contributed by atoms with van der Waals surface area (Å²) in [7, 11) is 0. The van der Waals surface area contributed by atoms with Crippen LogP contribution in [-0.2, 0) is 14.3 Å². The summed E-state index contributed by atoms with van der Waals surface area (Å²) in [6, 6.07) is 6.10. The van der Waals surface area contributed by atoms with Gasteiger partial charge in [0.2, 0.25) is 5.91 Å². The van der Waals surface area contributed by atoms with Gasteiger partial charge < -0.3 is 19.9 Å². The number of pyridine rings is 1. The normalized spacial score (nSPS) is 34.2. The summed E-state index contributed by atoms with van der Waals surface area (Å²) in [6.07, 6.45) is 4.28. The van der Waals surface area contributed by atoms with Crippen LogP contribution < -0.4 is 5.32 Å². The van der Waals surface area contributed by atoms with E-state index in [0.29, 0.717) is 43.4 Å². The van der Waals surface area contributed by atoms with Crippen LogP contribution in [0.1, 0.15) is 37.7 Å². The predicted octanol–water partition coefficient (Wildman–Crippen LogP) is 3.44. The van der Waals surface area contributed by atoms with E-state index in [4.69, 9.17) is 21.1 Å². The summed E-state index contributed by atoms with van der Waals surface area (Å²) in [6.45, 7) is 6.35. The van der Waals surface area contributed by atoms with Gasteiger partial charge in [-0.1, -0.05) is 11.6 Å². The fourth-order valence-electron chi connectivity index (χ4n) is 6.32. The maximum atomic E-state index is 12.8. The first-order chi connectivity index (χ1) is 16.4. The fourth-order valence-corrected chi connectivity index (χ4v) is 6.65. The average Bonchev–Trinajstić information content (AvgIpc) is 3.48. The van der Waals surface area contributed by atoms with Crippen molar-refractivity contribution in [1.82, 2.24) is 9.88 Å². The number of piperidine rings is 1. The van der Waals surface area contributed by atoms with Crippen molar-refractivity contribution in [2.75, 3.05) is 44.8 Å². The zero-order chi connectivity index (χ0) is 23.4. The number of likely N-dealkylation sites (tertiary alicyclic amines) is 1. The number of benzene rings is 1. The Morgan fingerprint density at radius 1 is 1.15 bits per heavy atom. The molecule has 3 saturated heterocycles. The second-order valence-corrected chi connectivity index (χ2v) is 11.1. The maximum Gasteiger partial charge on any atom is 0.229 e. The van der Waals surface area contributed by atoms with Crippen molar-refractivity contribution in [3.05, 3.63) is 35.0 Å². The lowest BCUT2D eigenvalue weighted by Gasteiger charge is -2.43. The highest BCUT2D eigenvalue weighted by Gasteiger charge is 2.55.